The Morgan fingerprint density at radius 2 is 2.22 bits per heavy atom. The lowest BCUT2D eigenvalue weighted by Crippen LogP contribution is -2.43. The van der Waals surface area contributed by atoms with Gasteiger partial charge in [0.25, 0.3) is 5.91 Å². The zero-order chi connectivity index (χ0) is 13.8. The summed E-state index contributed by atoms with van der Waals surface area (Å²) in [5.41, 5.74) is -1.22. The topological polar surface area (TPSA) is 112 Å². The molecule has 18 heavy (non-hydrogen) atoms. The number of thiazole rings is 1. The van der Waals surface area contributed by atoms with E-state index in [1.54, 1.807) is 0 Å². The summed E-state index contributed by atoms with van der Waals surface area (Å²) in [6.07, 6.45) is 0. The molecule has 2 amide bonds. The number of aliphatic hydroxyl groups is 2. The maximum atomic E-state index is 11.6. The molecule has 100 valence electrons. The Bertz CT molecular complexity index is 444. The van der Waals surface area contributed by atoms with Gasteiger partial charge in [0.05, 0.1) is 6.61 Å². The summed E-state index contributed by atoms with van der Waals surface area (Å²) >= 11 is 1.13. The molecular formula is C10H15N3O4S. The standard InChI is InChI=1S/C10H15N3O4S/c1-6(15)12-9-13-7(3-18-9)8(16)11-4-10(2,17)5-14/h3,14,17H,4-5H2,1-2H3,(H,11,16)(H,12,13,15). The molecule has 0 saturated carbocycles. The second kappa shape index (κ2) is 5.89. The lowest BCUT2D eigenvalue weighted by Gasteiger charge is -2.20. The van der Waals surface area contributed by atoms with Crippen molar-refractivity contribution >= 4 is 28.3 Å². The van der Waals surface area contributed by atoms with E-state index in [1.165, 1.54) is 19.2 Å². The van der Waals surface area contributed by atoms with E-state index in [0.29, 0.717) is 5.13 Å². The van der Waals surface area contributed by atoms with Gasteiger partial charge in [0.2, 0.25) is 5.91 Å². The summed E-state index contributed by atoms with van der Waals surface area (Å²) in [4.78, 5) is 26.3. The van der Waals surface area contributed by atoms with Gasteiger partial charge in [0, 0.05) is 18.8 Å². The van der Waals surface area contributed by atoms with Gasteiger partial charge < -0.3 is 20.8 Å². The van der Waals surface area contributed by atoms with E-state index in [-0.39, 0.29) is 18.1 Å². The Hall–Kier alpha value is -1.51. The van der Waals surface area contributed by atoms with Crippen LogP contribution in [0.2, 0.25) is 0 Å². The van der Waals surface area contributed by atoms with Gasteiger partial charge in [-0.15, -0.1) is 11.3 Å². The fourth-order valence-corrected chi connectivity index (χ4v) is 1.74. The zero-order valence-electron chi connectivity index (χ0n) is 10.1. The van der Waals surface area contributed by atoms with E-state index in [4.69, 9.17) is 5.11 Å². The fraction of sp³-hybridized carbons (Fsp3) is 0.500. The number of rotatable bonds is 5. The van der Waals surface area contributed by atoms with Crippen LogP contribution < -0.4 is 10.6 Å². The van der Waals surface area contributed by atoms with Gasteiger partial charge in [-0.25, -0.2) is 4.98 Å². The molecule has 4 N–H and O–H groups in total. The zero-order valence-corrected chi connectivity index (χ0v) is 10.9. The van der Waals surface area contributed by atoms with Crippen LogP contribution >= 0.6 is 11.3 Å². The van der Waals surface area contributed by atoms with Crippen molar-refractivity contribution in [3.05, 3.63) is 11.1 Å². The number of anilines is 1. The predicted molar refractivity (Wildman–Crippen MR) is 66.5 cm³/mol. The minimum atomic E-state index is -1.37. The highest BCUT2D eigenvalue weighted by Gasteiger charge is 2.21. The molecule has 0 aromatic carbocycles. The second-order valence-electron chi connectivity index (χ2n) is 4.06. The van der Waals surface area contributed by atoms with Crippen molar-refractivity contribution in [2.24, 2.45) is 0 Å². The maximum absolute atomic E-state index is 11.6. The van der Waals surface area contributed by atoms with Gasteiger partial charge in [-0.1, -0.05) is 0 Å². The Labute approximate surface area is 108 Å². The first-order valence-electron chi connectivity index (χ1n) is 5.18. The predicted octanol–water partition coefficient (Wildman–Crippen LogP) is -0.425. The number of hydrogen-bond donors (Lipinski definition) is 4. The molecule has 1 rings (SSSR count). The van der Waals surface area contributed by atoms with E-state index < -0.39 is 18.1 Å². The van der Waals surface area contributed by atoms with Gasteiger partial charge in [0.1, 0.15) is 11.3 Å². The third-order valence-corrected chi connectivity index (χ3v) is 2.75. The minimum absolute atomic E-state index is 0.0880. The molecule has 1 unspecified atom stereocenters. The largest absolute Gasteiger partial charge is 0.393 e. The molecule has 1 heterocycles. The third kappa shape index (κ3) is 4.40. The highest BCUT2D eigenvalue weighted by Crippen LogP contribution is 2.15. The number of nitrogens with zero attached hydrogens (tertiary/aromatic N) is 1. The van der Waals surface area contributed by atoms with Crippen LogP contribution in [-0.4, -0.2) is 45.8 Å². The van der Waals surface area contributed by atoms with Gasteiger partial charge in [-0.05, 0) is 6.92 Å². The van der Waals surface area contributed by atoms with Crippen molar-refractivity contribution in [3.63, 3.8) is 0 Å². The first kappa shape index (κ1) is 14.6. The monoisotopic (exact) mass is 273 g/mol. The van der Waals surface area contributed by atoms with Crippen LogP contribution in [0.1, 0.15) is 24.3 Å². The number of amides is 2. The first-order chi connectivity index (χ1) is 8.34. The molecule has 0 saturated heterocycles. The van der Waals surface area contributed by atoms with Gasteiger partial charge in [-0.3, -0.25) is 9.59 Å². The molecular weight excluding hydrogens is 258 g/mol. The van der Waals surface area contributed by atoms with Crippen LogP contribution in [0.5, 0.6) is 0 Å². The number of carbonyl (C=O) groups excluding carboxylic acids is 2. The van der Waals surface area contributed by atoms with Crippen LogP contribution in [0, 0.1) is 0 Å². The van der Waals surface area contributed by atoms with E-state index in [0.717, 1.165) is 11.3 Å². The number of hydrogen-bond acceptors (Lipinski definition) is 6. The van der Waals surface area contributed by atoms with E-state index >= 15 is 0 Å². The van der Waals surface area contributed by atoms with Gasteiger partial charge in [0.15, 0.2) is 5.13 Å². The summed E-state index contributed by atoms with van der Waals surface area (Å²) in [7, 11) is 0. The minimum Gasteiger partial charge on any atom is -0.393 e. The van der Waals surface area contributed by atoms with Crippen molar-refractivity contribution in [3.8, 4) is 0 Å². The molecule has 0 radical (unpaired) electrons. The highest BCUT2D eigenvalue weighted by atomic mass is 32.1. The maximum Gasteiger partial charge on any atom is 0.270 e. The van der Waals surface area contributed by atoms with Crippen molar-refractivity contribution in [1.29, 1.82) is 0 Å². The van der Waals surface area contributed by atoms with E-state index in [1.807, 2.05) is 0 Å². The molecule has 0 bridgehead atoms. The number of carbonyl (C=O) groups is 2. The fourth-order valence-electron chi connectivity index (χ4n) is 1.00. The summed E-state index contributed by atoms with van der Waals surface area (Å²) in [6, 6.07) is 0. The molecule has 0 aliphatic heterocycles. The third-order valence-electron chi connectivity index (χ3n) is 1.99. The van der Waals surface area contributed by atoms with Gasteiger partial charge in [-0.2, -0.15) is 0 Å². The van der Waals surface area contributed by atoms with Gasteiger partial charge >= 0.3 is 0 Å². The number of aliphatic hydroxyl groups excluding tert-OH is 1. The quantitative estimate of drug-likeness (QED) is 0.582. The van der Waals surface area contributed by atoms with Crippen LogP contribution in [0.3, 0.4) is 0 Å². The molecule has 0 spiro atoms. The van der Waals surface area contributed by atoms with Crippen molar-refractivity contribution in [2.75, 3.05) is 18.5 Å². The van der Waals surface area contributed by atoms with E-state index in [2.05, 4.69) is 15.6 Å². The Balaban J connectivity index is 2.57. The van der Waals surface area contributed by atoms with E-state index in [9.17, 15) is 14.7 Å². The average molecular weight is 273 g/mol. The second-order valence-corrected chi connectivity index (χ2v) is 4.91. The lowest BCUT2D eigenvalue weighted by molar-refractivity contribution is -0.114. The lowest BCUT2D eigenvalue weighted by atomic mass is 10.1. The molecule has 0 aliphatic rings. The Kier molecular flexibility index (Phi) is 4.76. The van der Waals surface area contributed by atoms with Crippen LogP contribution in [0.15, 0.2) is 5.38 Å². The molecule has 8 heteroatoms. The Morgan fingerprint density at radius 3 is 2.78 bits per heavy atom. The SMILES string of the molecule is CC(=O)Nc1nc(C(=O)NCC(C)(O)CO)cs1. The molecule has 1 aromatic rings. The number of nitrogens with one attached hydrogen (secondary N) is 2. The van der Waals surface area contributed by atoms with Crippen LogP contribution in [0.25, 0.3) is 0 Å². The molecule has 0 aliphatic carbocycles. The molecule has 0 fully saturated rings. The Morgan fingerprint density at radius 1 is 1.56 bits per heavy atom. The van der Waals surface area contributed by atoms with Crippen LogP contribution in [-0.2, 0) is 4.79 Å². The smallest absolute Gasteiger partial charge is 0.270 e. The summed E-state index contributed by atoms with van der Waals surface area (Å²) in [5.74, 6) is -0.740. The summed E-state index contributed by atoms with van der Waals surface area (Å²) in [6.45, 7) is 2.20. The van der Waals surface area contributed by atoms with Crippen LogP contribution in [0.4, 0.5) is 5.13 Å². The first-order valence-corrected chi connectivity index (χ1v) is 6.06. The number of aromatic nitrogens is 1. The van der Waals surface area contributed by atoms with Crippen molar-refractivity contribution in [1.82, 2.24) is 10.3 Å². The van der Waals surface area contributed by atoms with Crippen molar-refractivity contribution in [2.45, 2.75) is 19.4 Å². The van der Waals surface area contributed by atoms with Crippen molar-refractivity contribution < 1.29 is 19.8 Å². The highest BCUT2D eigenvalue weighted by molar-refractivity contribution is 7.14. The molecule has 7 nitrogen and oxygen atoms in total. The molecule has 1 atom stereocenters. The molecule has 1 aromatic heterocycles. The normalized spacial score (nSPS) is 13.8. The summed E-state index contributed by atoms with van der Waals surface area (Å²) < 4.78 is 0. The summed E-state index contributed by atoms with van der Waals surface area (Å²) in [5, 5.41) is 25.1. The average Bonchev–Trinajstić information content (AvgIpc) is 2.73.